The molecule has 60 valence electrons. The van der Waals surface area contributed by atoms with Gasteiger partial charge < -0.3 is 0 Å². The Balaban J connectivity index is 2.98. The summed E-state index contributed by atoms with van der Waals surface area (Å²) >= 11 is 3.84. The van der Waals surface area contributed by atoms with E-state index in [1.54, 1.807) is 0 Å². The van der Waals surface area contributed by atoms with Gasteiger partial charge in [-0.1, -0.05) is 13.0 Å². The van der Waals surface area contributed by atoms with Crippen molar-refractivity contribution in [3.63, 3.8) is 0 Å². The highest BCUT2D eigenvalue weighted by Gasteiger charge is 2.19. The van der Waals surface area contributed by atoms with Gasteiger partial charge in [0.25, 0.3) is 0 Å². The Morgan fingerprint density at radius 2 is 2.36 bits per heavy atom. The molecule has 0 radical (unpaired) electrons. The minimum atomic E-state index is 0.351. The summed E-state index contributed by atoms with van der Waals surface area (Å²) in [4.78, 5) is 0. The molecule has 0 saturated heterocycles. The number of thiol groups is 1. The zero-order valence-electron chi connectivity index (χ0n) is 6.76. The van der Waals surface area contributed by atoms with Gasteiger partial charge in [0, 0.05) is 5.92 Å². The van der Waals surface area contributed by atoms with Crippen molar-refractivity contribution in [3.8, 4) is 0 Å². The van der Waals surface area contributed by atoms with Crippen LogP contribution in [0.25, 0.3) is 0 Å². The van der Waals surface area contributed by atoms with Crippen LogP contribution in [0.1, 0.15) is 20.3 Å². The van der Waals surface area contributed by atoms with E-state index in [1.165, 1.54) is 0 Å². The highest BCUT2D eigenvalue weighted by atomic mass is 32.1. The number of allylic oxidation sites excluding steroid dienone is 2. The SMILES string of the molecule is CC1=CCC(C)/C(=N/S)C1=N. The molecular formula is C8H12N2S. The van der Waals surface area contributed by atoms with E-state index < -0.39 is 0 Å². The Labute approximate surface area is 72.5 Å². The molecule has 0 aromatic carbocycles. The largest absolute Gasteiger partial charge is 0.299 e. The molecule has 0 amide bonds. The van der Waals surface area contributed by atoms with Gasteiger partial charge in [-0.15, -0.1) is 0 Å². The van der Waals surface area contributed by atoms with E-state index in [1.807, 2.05) is 6.92 Å². The van der Waals surface area contributed by atoms with Crippen LogP contribution < -0.4 is 0 Å². The van der Waals surface area contributed by atoms with Gasteiger partial charge in [-0.3, -0.25) is 5.41 Å². The topological polar surface area (TPSA) is 36.2 Å². The number of nitrogens with one attached hydrogen (secondary N) is 1. The first-order chi connectivity index (χ1) is 5.16. The van der Waals surface area contributed by atoms with Crippen LogP contribution in [-0.4, -0.2) is 11.4 Å². The summed E-state index contributed by atoms with van der Waals surface area (Å²) in [5.41, 5.74) is 2.36. The molecule has 1 aliphatic rings. The minimum Gasteiger partial charge on any atom is -0.299 e. The van der Waals surface area contributed by atoms with E-state index in [4.69, 9.17) is 5.41 Å². The van der Waals surface area contributed by atoms with Crippen molar-refractivity contribution in [2.24, 2.45) is 10.3 Å². The Kier molecular flexibility index (Phi) is 2.49. The van der Waals surface area contributed by atoms with Crippen LogP contribution in [0, 0.1) is 11.3 Å². The predicted octanol–water partition coefficient (Wildman–Crippen LogP) is 2.28. The van der Waals surface area contributed by atoms with Gasteiger partial charge in [0.15, 0.2) is 0 Å². The molecule has 1 N–H and O–H groups in total. The van der Waals surface area contributed by atoms with Crippen molar-refractivity contribution in [3.05, 3.63) is 11.6 Å². The Morgan fingerprint density at radius 1 is 1.73 bits per heavy atom. The number of hydrogen-bond donors (Lipinski definition) is 2. The summed E-state index contributed by atoms with van der Waals surface area (Å²) in [5.74, 6) is 0.351. The predicted molar refractivity (Wildman–Crippen MR) is 51.7 cm³/mol. The molecule has 1 unspecified atom stereocenters. The first-order valence-electron chi connectivity index (χ1n) is 3.64. The van der Waals surface area contributed by atoms with Gasteiger partial charge in [0.05, 0.1) is 11.4 Å². The quantitative estimate of drug-likeness (QED) is 0.521. The van der Waals surface area contributed by atoms with E-state index in [9.17, 15) is 0 Å². The van der Waals surface area contributed by atoms with Gasteiger partial charge in [-0.05, 0) is 31.7 Å². The molecule has 0 saturated carbocycles. The first kappa shape index (κ1) is 8.53. The van der Waals surface area contributed by atoms with Crippen molar-refractivity contribution in [2.45, 2.75) is 20.3 Å². The molecule has 2 nitrogen and oxygen atoms in total. The molecule has 0 bridgehead atoms. The molecule has 1 rings (SSSR count). The Hall–Kier alpha value is -0.570. The summed E-state index contributed by atoms with van der Waals surface area (Å²) in [5, 5.41) is 7.63. The highest BCUT2D eigenvalue weighted by Crippen LogP contribution is 2.18. The average Bonchev–Trinajstić information content (AvgIpc) is 1.99. The fraction of sp³-hybridized carbons (Fsp3) is 0.500. The average molecular weight is 168 g/mol. The van der Waals surface area contributed by atoms with Gasteiger partial charge >= 0.3 is 0 Å². The molecule has 11 heavy (non-hydrogen) atoms. The van der Waals surface area contributed by atoms with Crippen molar-refractivity contribution in [1.82, 2.24) is 0 Å². The second-order valence-corrected chi connectivity index (χ2v) is 3.08. The van der Waals surface area contributed by atoms with Crippen LogP contribution in [0.2, 0.25) is 0 Å². The molecule has 3 heteroatoms. The van der Waals surface area contributed by atoms with Crippen LogP contribution in [-0.2, 0) is 0 Å². The monoisotopic (exact) mass is 168 g/mol. The van der Waals surface area contributed by atoms with Gasteiger partial charge in [0.2, 0.25) is 0 Å². The molecule has 0 aromatic heterocycles. The third-order valence-corrected chi connectivity index (χ3v) is 2.22. The summed E-state index contributed by atoms with van der Waals surface area (Å²) in [6, 6.07) is 0. The fourth-order valence-corrected chi connectivity index (χ4v) is 1.46. The molecule has 0 spiro atoms. The molecule has 1 aliphatic carbocycles. The standard InChI is InChI=1S/C8H12N2S/c1-5-3-4-6(2)8(10-11)7(5)9/h3,6,9,11H,4H2,1-2H3/b9-7?,10-8-. The van der Waals surface area contributed by atoms with Crippen LogP contribution >= 0.6 is 12.8 Å². The van der Waals surface area contributed by atoms with Crippen molar-refractivity contribution < 1.29 is 0 Å². The van der Waals surface area contributed by atoms with Crippen molar-refractivity contribution >= 4 is 24.2 Å². The maximum Gasteiger partial charge on any atom is 0.0790 e. The number of rotatable bonds is 0. The van der Waals surface area contributed by atoms with E-state index in [-0.39, 0.29) is 0 Å². The second kappa shape index (κ2) is 3.22. The van der Waals surface area contributed by atoms with E-state index in [0.717, 1.165) is 17.7 Å². The van der Waals surface area contributed by atoms with Crippen molar-refractivity contribution in [2.75, 3.05) is 0 Å². The van der Waals surface area contributed by atoms with Crippen LogP contribution in [0.15, 0.2) is 16.0 Å². The molecular weight excluding hydrogens is 156 g/mol. The van der Waals surface area contributed by atoms with E-state index in [2.05, 4.69) is 30.2 Å². The van der Waals surface area contributed by atoms with Gasteiger partial charge in [0.1, 0.15) is 0 Å². The Morgan fingerprint density at radius 3 is 2.82 bits per heavy atom. The lowest BCUT2D eigenvalue weighted by Gasteiger charge is -2.18. The molecule has 0 aliphatic heterocycles. The maximum atomic E-state index is 7.63. The van der Waals surface area contributed by atoms with Gasteiger partial charge in [-0.25, -0.2) is 4.40 Å². The van der Waals surface area contributed by atoms with Crippen LogP contribution in [0.4, 0.5) is 0 Å². The molecule has 0 heterocycles. The third-order valence-electron chi connectivity index (χ3n) is 2.00. The van der Waals surface area contributed by atoms with Gasteiger partial charge in [-0.2, -0.15) is 0 Å². The highest BCUT2D eigenvalue weighted by molar-refractivity contribution is 7.79. The lowest BCUT2D eigenvalue weighted by molar-refractivity contribution is 0.789. The Bertz CT molecular complexity index is 240. The third kappa shape index (κ3) is 1.53. The summed E-state index contributed by atoms with van der Waals surface area (Å²) < 4.78 is 3.81. The zero-order valence-corrected chi connectivity index (χ0v) is 7.65. The maximum absolute atomic E-state index is 7.63. The lowest BCUT2D eigenvalue weighted by Crippen LogP contribution is -2.25. The fourth-order valence-electron chi connectivity index (χ4n) is 1.16. The second-order valence-electron chi connectivity index (χ2n) is 2.88. The summed E-state index contributed by atoms with van der Waals surface area (Å²) in [6.45, 7) is 4.00. The zero-order chi connectivity index (χ0) is 8.43. The number of hydrogen-bond acceptors (Lipinski definition) is 3. The first-order valence-corrected chi connectivity index (χ1v) is 4.04. The normalized spacial score (nSPS) is 29.0. The molecule has 0 fully saturated rings. The molecule has 1 atom stereocenters. The van der Waals surface area contributed by atoms with Crippen LogP contribution in [0.5, 0.6) is 0 Å². The van der Waals surface area contributed by atoms with E-state index >= 15 is 0 Å². The summed E-state index contributed by atoms with van der Waals surface area (Å²) in [6.07, 6.45) is 3.06. The van der Waals surface area contributed by atoms with Crippen LogP contribution in [0.3, 0.4) is 0 Å². The lowest BCUT2D eigenvalue weighted by atomic mass is 9.88. The number of nitrogens with zero attached hydrogens (tertiary/aromatic N) is 1. The van der Waals surface area contributed by atoms with E-state index in [0.29, 0.717) is 11.6 Å². The minimum absolute atomic E-state index is 0.351. The smallest absolute Gasteiger partial charge is 0.0790 e. The van der Waals surface area contributed by atoms with Crippen molar-refractivity contribution in [1.29, 1.82) is 5.41 Å². The summed E-state index contributed by atoms with van der Waals surface area (Å²) in [7, 11) is 0. The molecule has 0 aromatic rings.